The SMILES string of the molecule is CCOC(=O)C1CCCc2nc(N)sc21. The molecule has 0 aliphatic heterocycles. The minimum absolute atomic E-state index is 0.136. The van der Waals surface area contributed by atoms with Crippen molar-refractivity contribution in [1.29, 1.82) is 0 Å². The van der Waals surface area contributed by atoms with Crippen LogP contribution in [0, 0.1) is 0 Å². The average molecular weight is 226 g/mol. The van der Waals surface area contributed by atoms with Gasteiger partial charge in [-0.3, -0.25) is 4.79 Å². The van der Waals surface area contributed by atoms with Crippen LogP contribution in [0.1, 0.15) is 36.3 Å². The molecule has 0 saturated heterocycles. The number of nitrogens with zero attached hydrogens (tertiary/aromatic N) is 1. The first-order valence-corrected chi connectivity index (χ1v) is 5.95. The summed E-state index contributed by atoms with van der Waals surface area (Å²) in [6, 6.07) is 0. The summed E-state index contributed by atoms with van der Waals surface area (Å²) in [6.45, 7) is 2.25. The van der Waals surface area contributed by atoms with E-state index in [9.17, 15) is 4.79 Å². The van der Waals surface area contributed by atoms with Gasteiger partial charge in [-0.25, -0.2) is 4.98 Å². The maximum absolute atomic E-state index is 11.7. The fraction of sp³-hybridized carbons (Fsp3) is 0.600. The highest BCUT2D eigenvalue weighted by atomic mass is 32.1. The third-order valence-electron chi connectivity index (χ3n) is 2.54. The number of nitrogens with two attached hydrogens (primary N) is 1. The van der Waals surface area contributed by atoms with Crippen LogP contribution in [0.15, 0.2) is 0 Å². The maximum atomic E-state index is 11.7. The molecule has 1 aromatic heterocycles. The Bertz CT molecular complexity index is 375. The number of aromatic nitrogens is 1. The normalized spacial score (nSPS) is 19.7. The molecule has 4 nitrogen and oxygen atoms in total. The van der Waals surface area contributed by atoms with Crippen LogP contribution in [-0.4, -0.2) is 17.6 Å². The molecule has 1 atom stereocenters. The van der Waals surface area contributed by atoms with Crippen molar-refractivity contribution in [3.8, 4) is 0 Å². The largest absolute Gasteiger partial charge is 0.465 e. The van der Waals surface area contributed by atoms with Crippen molar-refractivity contribution in [2.75, 3.05) is 12.3 Å². The third kappa shape index (κ3) is 1.97. The number of hydrogen-bond donors (Lipinski definition) is 1. The zero-order valence-corrected chi connectivity index (χ0v) is 9.47. The van der Waals surface area contributed by atoms with E-state index in [1.807, 2.05) is 6.92 Å². The van der Waals surface area contributed by atoms with E-state index >= 15 is 0 Å². The predicted octanol–water partition coefficient (Wildman–Crippen LogP) is 1.71. The summed E-state index contributed by atoms with van der Waals surface area (Å²) < 4.78 is 5.05. The van der Waals surface area contributed by atoms with Crippen molar-refractivity contribution in [2.24, 2.45) is 0 Å². The second-order valence-corrected chi connectivity index (χ2v) is 4.62. The van der Waals surface area contributed by atoms with Gasteiger partial charge in [-0.05, 0) is 26.2 Å². The first-order chi connectivity index (χ1) is 7.22. The predicted molar refractivity (Wildman–Crippen MR) is 58.8 cm³/mol. The number of fused-ring (bicyclic) bond motifs is 1. The Morgan fingerprint density at radius 1 is 1.73 bits per heavy atom. The summed E-state index contributed by atoms with van der Waals surface area (Å²) in [5, 5.41) is 0.552. The molecular weight excluding hydrogens is 212 g/mol. The molecule has 5 heteroatoms. The van der Waals surface area contributed by atoms with Crippen LogP contribution in [-0.2, 0) is 16.0 Å². The van der Waals surface area contributed by atoms with Gasteiger partial charge in [0.05, 0.1) is 18.2 Å². The minimum atomic E-state index is -0.137. The summed E-state index contributed by atoms with van der Waals surface area (Å²) in [5.74, 6) is -0.273. The van der Waals surface area contributed by atoms with Gasteiger partial charge in [0.2, 0.25) is 0 Å². The smallest absolute Gasteiger partial charge is 0.314 e. The fourth-order valence-electron chi connectivity index (χ4n) is 1.91. The van der Waals surface area contributed by atoms with Gasteiger partial charge in [-0.15, -0.1) is 11.3 Å². The molecule has 0 spiro atoms. The van der Waals surface area contributed by atoms with Gasteiger partial charge in [-0.1, -0.05) is 0 Å². The third-order valence-corrected chi connectivity index (χ3v) is 3.58. The van der Waals surface area contributed by atoms with Crippen LogP contribution in [0.5, 0.6) is 0 Å². The molecule has 2 N–H and O–H groups in total. The van der Waals surface area contributed by atoms with Crippen LogP contribution >= 0.6 is 11.3 Å². The molecule has 0 fully saturated rings. The Morgan fingerprint density at radius 2 is 2.53 bits per heavy atom. The number of carbonyl (C=O) groups excluding carboxylic acids is 1. The van der Waals surface area contributed by atoms with E-state index in [4.69, 9.17) is 10.5 Å². The number of carbonyl (C=O) groups is 1. The molecule has 0 aromatic carbocycles. The quantitative estimate of drug-likeness (QED) is 0.780. The number of nitrogen functional groups attached to an aromatic ring is 1. The van der Waals surface area contributed by atoms with Crippen LogP contribution in [0.25, 0.3) is 0 Å². The van der Waals surface area contributed by atoms with E-state index in [0.717, 1.165) is 29.8 Å². The van der Waals surface area contributed by atoms with Gasteiger partial charge in [0.25, 0.3) is 0 Å². The molecule has 1 heterocycles. The lowest BCUT2D eigenvalue weighted by molar-refractivity contribution is -0.145. The maximum Gasteiger partial charge on any atom is 0.314 e. The molecule has 82 valence electrons. The Hall–Kier alpha value is -1.10. The molecule has 1 aliphatic rings. The standard InChI is InChI=1S/C10H14N2O2S/c1-2-14-9(13)6-4-3-5-7-8(6)15-10(11)12-7/h6H,2-5H2,1H3,(H2,11,12). The highest BCUT2D eigenvalue weighted by Crippen LogP contribution is 2.37. The van der Waals surface area contributed by atoms with Crippen molar-refractivity contribution in [3.05, 3.63) is 10.6 Å². The molecular formula is C10H14N2O2S. The Labute approximate surface area is 92.5 Å². The number of anilines is 1. The fourth-order valence-corrected chi connectivity index (χ4v) is 2.91. The van der Waals surface area contributed by atoms with Crippen LogP contribution in [0.4, 0.5) is 5.13 Å². The number of aryl methyl sites for hydroxylation is 1. The highest BCUT2D eigenvalue weighted by Gasteiger charge is 2.30. The van der Waals surface area contributed by atoms with Crippen LogP contribution in [0.2, 0.25) is 0 Å². The highest BCUT2D eigenvalue weighted by molar-refractivity contribution is 7.15. The summed E-state index contributed by atoms with van der Waals surface area (Å²) in [4.78, 5) is 16.9. The van der Waals surface area contributed by atoms with Gasteiger partial charge in [-0.2, -0.15) is 0 Å². The van der Waals surface area contributed by atoms with Crippen LogP contribution < -0.4 is 5.73 Å². The summed E-state index contributed by atoms with van der Waals surface area (Å²) in [6.07, 6.45) is 2.77. The van der Waals surface area contributed by atoms with Crippen molar-refractivity contribution >= 4 is 22.4 Å². The molecule has 0 amide bonds. The van der Waals surface area contributed by atoms with Crippen molar-refractivity contribution < 1.29 is 9.53 Å². The lowest BCUT2D eigenvalue weighted by Gasteiger charge is -2.19. The second kappa shape index (κ2) is 4.18. The van der Waals surface area contributed by atoms with E-state index in [0.29, 0.717) is 11.7 Å². The van der Waals surface area contributed by atoms with E-state index in [2.05, 4.69) is 4.98 Å². The topological polar surface area (TPSA) is 65.2 Å². The summed E-state index contributed by atoms with van der Waals surface area (Å²) in [5.41, 5.74) is 6.64. The van der Waals surface area contributed by atoms with Gasteiger partial charge in [0.1, 0.15) is 0 Å². The number of esters is 1. The van der Waals surface area contributed by atoms with E-state index in [1.54, 1.807) is 0 Å². The Morgan fingerprint density at radius 3 is 3.27 bits per heavy atom. The Balaban J connectivity index is 2.25. The van der Waals surface area contributed by atoms with Gasteiger partial charge < -0.3 is 10.5 Å². The monoisotopic (exact) mass is 226 g/mol. The summed E-state index contributed by atoms with van der Waals surface area (Å²) >= 11 is 1.42. The first kappa shape index (κ1) is 10.4. The molecule has 1 aliphatic carbocycles. The zero-order chi connectivity index (χ0) is 10.8. The van der Waals surface area contributed by atoms with Gasteiger partial charge in [0.15, 0.2) is 5.13 Å². The number of ether oxygens (including phenoxy) is 1. The molecule has 1 unspecified atom stereocenters. The molecule has 1 aromatic rings. The van der Waals surface area contributed by atoms with Crippen molar-refractivity contribution in [1.82, 2.24) is 4.98 Å². The molecule has 0 bridgehead atoms. The second-order valence-electron chi connectivity index (χ2n) is 3.56. The lowest BCUT2D eigenvalue weighted by Crippen LogP contribution is -2.19. The minimum Gasteiger partial charge on any atom is -0.465 e. The van der Waals surface area contributed by atoms with E-state index in [-0.39, 0.29) is 11.9 Å². The number of rotatable bonds is 2. The van der Waals surface area contributed by atoms with E-state index in [1.165, 1.54) is 11.3 Å². The molecule has 2 rings (SSSR count). The number of thiazole rings is 1. The van der Waals surface area contributed by atoms with Crippen molar-refractivity contribution in [2.45, 2.75) is 32.1 Å². The van der Waals surface area contributed by atoms with Gasteiger partial charge >= 0.3 is 5.97 Å². The molecule has 0 radical (unpaired) electrons. The van der Waals surface area contributed by atoms with E-state index < -0.39 is 0 Å². The molecule has 0 saturated carbocycles. The Kier molecular flexibility index (Phi) is 2.90. The first-order valence-electron chi connectivity index (χ1n) is 5.14. The molecule has 15 heavy (non-hydrogen) atoms. The zero-order valence-electron chi connectivity index (χ0n) is 8.66. The average Bonchev–Trinajstić information content (AvgIpc) is 2.57. The lowest BCUT2D eigenvalue weighted by atomic mass is 9.92. The van der Waals surface area contributed by atoms with Gasteiger partial charge in [0, 0.05) is 4.88 Å². The van der Waals surface area contributed by atoms with Crippen LogP contribution in [0.3, 0.4) is 0 Å². The van der Waals surface area contributed by atoms with Crippen molar-refractivity contribution in [3.63, 3.8) is 0 Å². The summed E-state index contributed by atoms with van der Waals surface area (Å²) in [7, 11) is 0. The number of hydrogen-bond acceptors (Lipinski definition) is 5.